The Balaban J connectivity index is 2.54. The van der Waals surface area contributed by atoms with Gasteiger partial charge < -0.3 is 0 Å². The summed E-state index contributed by atoms with van der Waals surface area (Å²) in [6, 6.07) is 0. The van der Waals surface area contributed by atoms with Crippen molar-refractivity contribution >= 4 is 11.6 Å². The van der Waals surface area contributed by atoms with Gasteiger partial charge in [0.25, 0.3) is 0 Å². The molecule has 0 fully saturated rings. The lowest BCUT2D eigenvalue weighted by atomic mass is 10.6. The molecule has 0 bridgehead atoms. The number of nitrogens with zero attached hydrogens (tertiary/aromatic N) is 2. The SMILES string of the molecule is CN1[N]CC=C1Cl. The predicted molar refractivity (Wildman–Crippen MR) is 28.7 cm³/mol. The first-order chi connectivity index (χ1) is 3.30. The third kappa shape index (κ3) is 0.868. The van der Waals surface area contributed by atoms with E-state index in [1.54, 1.807) is 5.01 Å². The van der Waals surface area contributed by atoms with Crippen molar-refractivity contribution in [2.24, 2.45) is 0 Å². The first-order valence-electron chi connectivity index (χ1n) is 2.07. The Kier molecular flexibility index (Phi) is 1.21. The van der Waals surface area contributed by atoms with Crippen LogP contribution in [0, 0.1) is 0 Å². The van der Waals surface area contributed by atoms with E-state index >= 15 is 0 Å². The van der Waals surface area contributed by atoms with E-state index in [1.165, 1.54) is 0 Å². The van der Waals surface area contributed by atoms with Crippen molar-refractivity contribution in [3.8, 4) is 0 Å². The maximum Gasteiger partial charge on any atom is 0.117 e. The van der Waals surface area contributed by atoms with Crippen molar-refractivity contribution in [2.45, 2.75) is 0 Å². The van der Waals surface area contributed by atoms with Crippen LogP contribution in [-0.2, 0) is 0 Å². The Morgan fingerprint density at radius 1 is 2.00 bits per heavy atom. The van der Waals surface area contributed by atoms with Crippen LogP contribution in [0.1, 0.15) is 0 Å². The van der Waals surface area contributed by atoms with Crippen LogP contribution in [0.5, 0.6) is 0 Å². The molecule has 0 N–H and O–H groups in total. The van der Waals surface area contributed by atoms with Gasteiger partial charge in [0.1, 0.15) is 5.16 Å². The third-order valence-electron chi connectivity index (χ3n) is 0.863. The van der Waals surface area contributed by atoms with Gasteiger partial charge in [-0.1, -0.05) is 11.6 Å². The van der Waals surface area contributed by atoms with Crippen LogP contribution in [0.2, 0.25) is 0 Å². The molecule has 1 heterocycles. The van der Waals surface area contributed by atoms with Gasteiger partial charge in [0.2, 0.25) is 0 Å². The smallest absolute Gasteiger partial charge is 0.117 e. The molecule has 0 aromatic rings. The normalized spacial score (nSPS) is 20.3. The van der Waals surface area contributed by atoms with E-state index in [2.05, 4.69) is 5.43 Å². The number of hydrogen-bond acceptors (Lipinski definition) is 1. The summed E-state index contributed by atoms with van der Waals surface area (Å²) in [5, 5.41) is 2.38. The Hall–Kier alpha value is -0.210. The van der Waals surface area contributed by atoms with Gasteiger partial charge in [-0.05, 0) is 6.08 Å². The van der Waals surface area contributed by atoms with E-state index in [0.717, 1.165) is 11.7 Å². The highest BCUT2D eigenvalue weighted by Gasteiger charge is 2.05. The fourth-order valence-electron chi connectivity index (χ4n) is 0.438. The molecule has 0 aromatic carbocycles. The number of halogens is 1. The third-order valence-corrected chi connectivity index (χ3v) is 1.26. The molecule has 2 nitrogen and oxygen atoms in total. The van der Waals surface area contributed by atoms with Gasteiger partial charge in [0.15, 0.2) is 0 Å². The van der Waals surface area contributed by atoms with E-state index in [4.69, 9.17) is 11.6 Å². The Morgan fingerprint density at radius 2 is 2.71 bits per heavy atom. The predicted octanol–water partition coefficient (Wildman–Crippen LogP) is 0.531. The van der Waals surface area contributed by atoms with Gasteiger partial charge in [0.05, 0.1) is 6.54 Å². The quantitative estimate of drug-likeness (QED) is 0.423. The van der Waals surface area contributed by atoms with Crippen molar-refractivity contribution in [1.29, 1.82) is 0 Å². The summed E-state index contributed by atoms with van der Waals surface area (Å²) in [5.74, 6) is 0. The second-order valence-corrected chi connectivity index (χ2v) is 1.76. The average molecular weight is 118 g/mol. The van der Waals surface area contributed by atoms with Crippen LogP contribution in [-0.4, -0.2) is 18.6 Å². The van der Waals surface area contributed by atoms with Gasteiger partial charge in [-0.2, -0.15) is 0 Å². The first-order valence-corrected chi connectivity index (χ1v) is 2.45. The van der Waals surface area contributed by atoms with Gasteiger partial charge >= 0.3 is 0 Å². The molecule has 1 aliphatic rings. The van der Waals surface area contributed by atoms with E-state index in [1.807, 2.05) is 13.1 Å². The number of rotatable bonds is 0. The fraction of sp³-hybridized carbons (Fsp3) is 0.500. The molecule has 0 aromatic heterocycles. The van der Waals surface area contributed by atoms with Crippen molar-refractivity contribution < 1.29 is 0 Å². The molecule has 39 valence electrons. The summed E-state index contributed by atoms with van der Waals surface area (Å²) in [7, 11) is 1.83. The van der Waals surface area contributed by atoms with E-state index in [0.29, 0.717) is 0 Å². The standard InChI is InChI=1S/C4H6ClN2/c1-7-4(5)2-3-6-7/h2H,3H2,1H3. The minimum absolute atomic E-state index is 0.722. The lowest BCUT2D eigenvalue weighted by Crippen LogP contribution is -2.17. The van der Waals surface area contributed by atoms with Gasteiger partial charge in [-0.25, -0.2) is 0 Å². The minimum atomic E-state index is 0.722. The lowest BCUT2D eigenvalue weighted by Gasteiger charge is -2.06. The molecule has 7 heavy (non-hydrogen) atoms. The zero-order valence-electron chi connectivity index (χ0n) is 4.06. The monoisotopic (exact) mass is 117 g/mol. The molecule has 1 rings (SSSR count). The molecule has 0 amide bonds. The van der Waals surface area contributed by atoms with Crippen LogP contribution in [0.25, 0.3) is 0 Å². The first kappa shape index (κ1) is 4.94. The van der Waals surface area contributed by atoms with Crippen molar-refractivity contribution in [2.75, 3.05) is 13.6 Å². The topological polar surface area (TPSA) is 17.3 Å². The highest BCUT2D eigenvalue weighted by atomic mass is 35.5. The Morgan fingerprint density at radius 3 is 2.86 bits per heavy atom. The molecular formula is C4H6ClN2. The molecule has 1 radical (unpaired) electrons. The molecule has 3 heteroatoms. The molecule has 0 atom stereocenters. The molecule has 0 saturated heterocycles. The molecule has 0 spiro atoms. The van der Waals surface area contributed by atoms with Crippen molar-refractivity contribution in [3.63, 3.8) is 0 Å². The zero-order valence-corrected chi connectivity index (χ0v) is 4.81. The fourth-order valence-corrected chi connectivity index (χ4v) is 0.561. The highest BCUT2D eigenvalue weighted by Crippen LogP contribution is 2.08. The summed E-state index contributed by atoms with van der Waals surface area (Å²) in [6.07, 6.45) is 1.86. The zero-order chi connectivity index (χ0) is 5.28. The largest absolute Gasteiger partial charge is 0.283 e. The van der Waals surface area contributed by atoms with Crippen LogP contribution >= 0.6 is 11.6 Å². The summed E-state index contributed by atoms with van der Waals surface area (Å²) >= 11 is 5.56. The molecule has 1 aliphatic heterocycles. The molecular weight excluding hydrogens is 112 g/mol. The van der Waals surface area contributed by atoms with Crippen LogP contribution < -0.4 is 5.43 Å². The van der Waals surface area contributed by atoms with Gasteiger partial charge in [-0.3, -0.25) is 5.01 Å². The second-order valence-electron chi connectivity index (χ2n) is 1.37. The number of hydrogen-bond donors (Lipinski definition) is 0. The maximum atomic E-state index is 5.56. The summed E-state index contributed by atoms with van der Waals surface area (Å²) in [5.41, 5.74) is 3.93. The van der Waals surface area contributed by atoms with E-state index in [9.17, 15) is 0 Å². The molecule has 0 saturated carbocycles. The lowest BCUT2D eigenvalue weighted by molar-refractivity contribution is 0.353. The summed E-state index contributed by atoms with van der Waals surface area (Å²) < 4.78 is 0. The summed E-state index contributed by atoms with van der Waals surface area (Å²) in [6.45, 7) is 0.731. The Labute approximate surface area is 47.7 Å². The molecule has 0 aliphatic carbocycles. The summed E-state index contributed by atoms with van der Waals surface area (Å²) in [4.78, 5) is 0. The second kappa shape index (κ2) is 1.72. The Bertz CT molecular complexity index is 99.9. The van der Waals surface area contributed by atoms with Gasteiger partial charge in [-0.15, -0.1) is 5.43 Å². The van der Waals surface area contributed by atoms with E-state index in [-0.39, 0.29) is 0 Å². The van der Waals surface area contributed by atoms with Crippen LogP contribution in [0.4, 0.5) is 0 Å². The van der Waals surface area contributed by atoms with Crippen molar-refractivity contribution in [1.82, 2.24) is 10.4 Å². The highest BCUT2D eigenvalue weighted by molar-refractivity contribution is 6.29. The van der Waals surface area contributed by atoms with Crippen LogP contribution in [0.3, 0.4) is 0 Å². The average Bonchev–Trinajstić information content (AvgIpc) is 1.91. The van der Waals surface area contributed by atoms with Crippen LogP contribution in [0.15, 0.2) is 11.2 Å². The van der Waals surface area contributed by atoms with Gasteiger partial charge in [0, 0.05) is 7.05 Å². The minimum Gasteiger partial charge on any atom is -0.283 e. The maximum absolute atomic E-state index is 5.56. The molecule has 0 unspecified atom stereocenters. The van der Waals surface area contributed by atoms with Crippen molar-refractivity contribution in [3.05, 3.63) is 11.2 Å². The van der Waals surface area contributed by atoms with E-state index < -0.39 is 0 Å².